The van der Waals surface area contributed by atoms with Crippen molar-refractivity contribution in [2.75, 3.05) is 43.4 Å². The van der Waals surface area contributed by atoms with Crippen LogP contribution in [0.15, 0.2) is 64.4 Å². The standard InChI is InChI=1S/C21H22ClN3O2S/c1-23-21-18-6-3-7-19(25-12-10-24-11-13-25)17(18)8-9-20(21)28(26,27)16-5-2-4-15(22)14-16/h2-9,14,23-24H,10-13H2,1H3. The molecule has 1 fully saturated rings. The molecular weight excluding hydrogens is 394 g/mol. The Kier molecular flexibility index (Phi) is 5.19. The van der Waals surface area contributed by atoms with Crippen LogP contribution >= 0.6 is 11.6 Å². The maximum absolute atomic E-state index is 13.3. The number of benzene rings is 3. The first-order valence-corrected chi connectivity index (χ1v) is 11.1. The van der Waals surface area contributed by atoms with Crippen molar-refractivity contribution in [3.8, 4) is 0 Å². The fraction of sp³-hybridized carbons (Fsp3) is 0.238. The minimum atomic E-state index is -3.70. The summed E-state index contributed by atoms with van der Waals surface area (Å²) in [7, 11) is -1.95. The van der Waals surface area contributed by atoms with Crippen molar-refractivity contribution in [3.63, 3.8) is 0 Å². The zero-order valence-electron chi connectivity index (χ0n) is 15.6. The Morgan fingerprint density at radius 2 is 1.75 bits per heavy atom. The van der Waals surface area contributed by atoms with Crippen LogP contribution in [0, 0.1) is 0 Å². The van der Waals surface area contributed by atoms with Crippen LogP contribution in [0.5, 0.6) is 0 Å². The van der Waals surface area contributed by atoms with Crippen LogP contribution < -0.4 is 15.5 Å². The Labute approximate surface area is 170 Å². The molecule has 0 spiro atoms. The molecule has 2 N–H and O–H groups in total. The average molecular weight is 416 g/mol. The van der Waals surface area contributed by atoms with Crippen LogP contribution in [0.4, 0.5) is 11.4 Å². The van der Waals surface area contributed by atoms with Gasteiger partial charge in [-0.15, -0.1) is 0 Å². The molecule has 1 heterocycles. The number of nitrogens with one attached hydrogen (secondary N) is 2. The summed E-state index contributed by atoms with van der Waals surface area (Å²) >= 11 is 6.02. The van der Waals surface area contributed by atoms with Crippen molar-refractivity contribution >= 4 is 43.6 Å². The fourth-order valence-electron chi connectivity index (χ4n) is 3.75. The van der Waals surface area contributed by atoms with Crippen LogP contribution in [0.25, 0.3) is 10.8 Å². The van der Waals surface area contributed by atoms with Gasteiger partial charge in [0.05, 0.1) is 15.5 Å². The van der Waals surface area contributed by atoms with E-state index in [1.165, 1.54) is 6.07 Å². The summed E-state index contributed by atoms with van der Waals surface area (Å²) in [5.74, 6) is 0. The lowest BCUT2D eigenvalue weighted by Gasteiger charge is -2.30. The van der Waals surface area contributed by atoms with Gasteiger partial charge in [0, 0.05) is 54.7 Å². The van der Waals surface area contributed by atoms with Gasteiger partial charge in [-0.2, -0.15) is 0 Å². The van der Waals surface area contributed by atoms with Crippen LogP contribution in [0.3, 0.4) is 0 Å². The average Bonchev–Trinajstić information content (AvgIpc) is 2.73. The summed E-state index contributed by atoms with van der Waals surface area (Å²) in [5, 5.41) is 8.81. The summed E-state index contributed by atoms with van der Waals surface area (Å²) in [4.78, 5) is 2.78. The lowest BCUT2D eigenvalue weighted by molar-refractivity contribution is 0.590. The van der Waals surface area contributed by atoms with E-state index in [0.717, 1.165) is 42.6 Å². The Bertz CT molecular complexity index is 1130. The van der Waals surface area contributed by atoms with E-state index < -0.39 is 9.84 Å². The highest BCUT2D eigenvalue weighted by atomic mass is 35.5. The third-order valence-electron chi connectivity index (χ3n) is 5.10. The van der Waals surface area contributed by atoms with Gasteiger partial charge >= 0.3 is 0 Å². The first-order valence-electron chi connectivity index (χ1n) is 9.22. The second kappa shape index (κ2) is 7.62. The SMILES string of the molecule is CNc1c(S(=O)(=O)c2cccc(Cl)c2)ccc2c(N3CCNCC3)cccc12. The third kappa shape index (κ3) is 3.32. The normalized spacial score (nSPS) is 15.0. The molecular formula is C21H22ClN3O2S. The van der Waals surface area contributed by atoms with Crippen molar-refractivity contribution in [2.24, 2.45) is 0 Å². The number of anilines is 2. The summed E-state index contributed by atoms with van der Waals surface area (Å²) in [6, 6.07) is 16.0. The smallest absolute Gasteiger partial charge is 0.208 e. The lowest BCUT2D eigenvalue weighted by Crippen LogP contribution is -2.43. The number of piperazine rings is 1. The van der Waals surface area contributed by atoms with Crippen molar-refractivity contribution in [1.29, 1.82) is 0 Å². The van der Waals surface area contributed by atoms with E-state index in [1.54, 1.807) is 31.3 Å². The van der Waals surface area contributed by atoms with Crippen LogP contribution in [-0.2, 0) is 9.84 Å². The van der Waals surface area contributed by atoms with E-state index in [1.807, 2.05) is 18.2 Å². The van der Waals surface area contributed by atoms with E-state index in [9.17, 15) is 8.42 Å². The third-order valence-corrected chi connectivity index (χ3v) is 7.13. The van der Waals surface area contributed by atoms with E-state index in [4.69, 9.17) is 11.6 Å². The minimum Gasteiger partial charge on any atom is -0.387 e. The largest absolute Gasteiger partial charge is 0.387 e. The Balaban J connectivity index is 1.89. The number of halogens is 1. The van der Waals surface area contributed by atoms with Crippen LogP contribution in [0.2, 0.25) is 5.02 Å². The first kappa shape index (κ1) is 19.1. The number of hydrogen-bond donors (Lipinski definition) is 2. The monoisotopic (exact) mass is 415 g/mol. The number of hydrogen-bond acceptors (Lipinski definition) is 5. The predicted octanol–water partition coefficient (Wildman–Crippen LogP) is 3.78. The highest BCUT2D eigenvalue weighted by molar-refractivity contribution is 7.91. The lowest BCUT2D eigenvalue weighted by atomic mass is 10.1. The topological polar surface area (TPSA) is 61.4 Å². The molecule has 0 aromatic heterocycles. The van der Waals surface area contributed by atoms with Gasteiger partial charge < -0.3 is 15.5 Å². The van der Waals surface area contributed by atoms with Gasteiger partial charge in [0.15, 0.2) is 0 Å². The highest BCUT2D eigenvalue weighted by Crippen LogP contribution is 2.38. The van der Waals surface area contributed by atoms with Crippen LogP contribution in [0.1, 0.15) is 0 Å². The van der Waals surface area contributed by atoms with Crippen LogP contribution in [-0.4, -0.2) is 41.6 Å². The van der Waals surface area contributed by atoms with Crippen molar-refractivity contribution in [1.82, 2.24) is 5.32 Å². The molecule has 5 nitrogen and oxygen atoms in total. The Hall–Kier alpha value is -2.28. The van der Waals surface area contributed by atoms with E-state index in [2.05, 4.69) is 21.6 Å². The van der Waals surface area contributed by atoms with E-state index in [-0.39, 0.29) is 9.79 Å². The maximum Gasteiger partial charge on any atom is 0.208 e. The van der Waals surface area contributed by atoms with E-state index in [0.29, 0.717) is 10.7 Å². The maximum atomic E-state index is 13.3. The molecule has 1 aliphatic heterocycles. The quantitative estimate of drug-likeness (QED) is 0.679. The van der Waals surface area contributed by atoms with Gasteiger partial charge in [0.25, 0.3) is 0 Å². The first-order chi connectivity index (χ1) is 13.5. The highest BCUT2D eigenvalue weighted by Gasteiger charge is 2.24. The van der Waals surface area contributed by atoms with Crippen molar-refractivity contribution in [3.05, 3.63) is 59.6 Å². The molecule has 3 aromatic rings. The number of sulfone groups is 1. The molecule has 0 aliphatic carbocycles. The molecule has 146 valence electrons. The minimum absolute atomic E-state index is 0.189. The fourth-order valence-corrected chi connectivity index (χ4v) is 5.52. The molecule has 7 heteroatoms. The summed E-state index contributed by atoms with van der Waals surface area (Å²) in [6.45, 7) is 3.74. The number of nitrogens with zero attached hydrogens (tertiary/aromatic N) is 1. The molecule has 4 rings (SSSR count). The van der Waals surface area contributed by atoms with Gasteiger partial charge in [-0.05, 0) is 30.3 Å². The van der Waals surface area contributed by atoms with Gasteiger partial charge in [-0.1, -0.05) is 35.9 Å². The molecule has 0 bridgehead atoms. The number of rotatable bonds is 4. The molecule has 0 atom stereocenters. The molecule has 28 heavy (non-hydrogen) atoms. The Morgan fingerprint density at radius 3 is 2.46 bits per heavy atom. The molecule has 1 aliphatic rings. The predicted molar refractivity (Wildman–Crippen MR) is 115 cm³/mol. The summed E-state index contributed by atoms with van der Waals surface area (Å²) in [6.07, 6.45) is 0. The van der Waals surface area contributed by atoms with E-state index >= 15 is 0 Å². The summed E-state index contributed by atoms with van der Waals surface area (Å²) in [5.41, 5.74) is 1.73. The van der Waals surface area contributed by atoms with Gasteiger partial charge in [0.1, 0.15) is 0 Å². The molecule has 3 aromatic carbocycles. The molecule has 1 saturated heterocycles. The van der Waals surface area contributed by atoms with Crippen molar-refractivity contribution in [2.45, 2.75) is 9.79 Å². The van der Waals surface area contributed by atoms with Gasteiger partial charge in [-0.3, -0.25) is 0 Å². The Morgan fingerprint density at radius 1 is 1.00 bits per heavy atom. The number of fused-ring (bicyclic) bond motifs is 1. The van der Waals surface area contributed by atoms with Gasteiger partial charge in [-0.25, -0.2) is 8.42 Å². The zero-order valence-corrected chi connectivity index (χ0v) is 17.1. The zero-order chi connectivity index (χ0) is 19.7. The second-order valence-corrected chi connectivity index (χ2v) is 9.11. The molecule has 0 amide bonds. The molecule has 0 radical (unpaired) electrons. The molecule has 0 saturated carbocycles. The second-order valence-electron chi connectivity index (χ2n) is 6.76. The molecule has 0 unspecified atom stereocenters. The van der Waals surface area contributed by atoms with Gasteiger partial charge in [0.2, 0.25) is 9.84 Å². The van der Waals surface area contributed by atoms with Crippen molar-refractivity contribution < 1.29 is 8.42 Å². The summed E-state index contributed by atoms with van der Waals surface area (Å²) < 4.78 is 26.6.